The zero-order valence-corrected chi connectivity index (χ0v) is 15.1. The standard InChI is InChI=1S/C18H26ClN3O3/c19-15-10-14(17-13(16(15)20)2-1-9-25-17)18(24)21-11-12-3-5-22(6-4-12)7-8-23/h10,12,23H,1-9,11,20H2,(H,21,24). The molecule has 0 atom stereocenters. The number of nitrogen functional groups attached to an aromatic ring is 1. The van der Waals surface area contributed by atoms with Crippen LogP contribution in [0.3, 0.4) is 0 Å². The van der Waals surface area contributed by atoms with E-state index in [2.05, 4.69) is 10.2 Å². The molecule has 0 spiro atoms. The minimum atomic E-state index is -0.155. The van der Waals surface area contributed by atoms with Crippen molar-refractivity contribution in [3.63, 3.8) is 0 Å². The molecule has 0 aliphatic carbocycles. The number of fused-ring (bicyclic) bond motifs is 1. The molecule has 138 valence electrons. The maximum Gasteiger partial charge on any atom is 0.255 e. The molecular formula is C18H26ClN3O3. The number of aliphatic hydroxyl groups excluding tert-OH is 1. The number of nitrogens with two attached hydrogens (primary N) is 1. The highest BCUT2D eigenvalue weighted by molar-refractivity contribution is 6.33. The Bertz CT molecular complexity index is 630. The number of halogens is 1. The van der Waals surface area contributed by atoms with Crippen molar-refractivity contribution in [2.45, 2.75) is 25.7 Å². The molecule has 3 rings (SSSR count). The van der Waals surface area contributed by atoms with Gasteiger partial charge in [0.05, 0.1) is 29.5 Å². The number of rotatable bonds is 5. The van der Waals surface area contributed by atoms with E-state index in [-0.39, 0.29) is 12.5 Å². The van der Waals surface area contributed by atoms with Gasteiger partial charge in [0.1, 0.15) is 5.75 Å². The number of carbonyl (C=O) groups is 1. The average molecular weight is 368 g/mol. The molecule has 1 aromatic carbocycles. The molecule has 0 aromatic heterocycles. The summed E-state index contributed by atoms with van der Waals surface area (Å²) in [6.45, 7) is 4.09. The highest BCUT2D eigenvalue weighted by Gasteiger charge is 2.25. The summed E-state index contributed by atoms with van der Waals surface area (Å²) in [6, 6.07) is 1.61. The lowest BCUT2D eigenvalue weighted by Crippen LogP contribution is -2.39. The van der Waals surface area contributed by atoms with Gasteiger partial charge in [0.2, 0.25) is 0 Å². The first kappa shape index (κ1) is 18.3. The Morgan fingerprint density at radius 2 is 2.20 bits per heavy atom. The quantitative estimate of drug-likeness (QED) is 0.689. The van der Waals surface area contributed by atoms with Gasteiger partial charge in [-0.3, -0.25) is 4.79 Å². The van der Waals surface area contributed by atoms with E-state index in [1.165, 1.54) is 0 Å². The number of likely N-dealkylation sites (tertiary alicyclic amines) is 1. The lowest BCUT2D eigenvalue weighted by atomic mass is 9.96. The fourth-order valence-electron chi connectivity index (χ4n) is 3.59. The number of hydrogen-bond acceptors (Lipinski definition) is 5. The number of hydrogen-bond donors (Lipinski definition) is 3. The van der Waals surface area contributed by atoms with Gasteiger partial charge in [0.25, 0.3) is 5.91 Å². The highest BCUT2D eigenvalue weighted by atomic mass is 35.5. The number of carbonyl (C=O) groups excluding carboxylic acids is 1. The van der Waals surface area contributed by atoms with Crippen LogP contribution in [0.1, 0.15) is 35.2 Å². The van der Waals surface area contributed by atoms with Gasteiger partial charge in [0, 0.05) is 18.7 Å². The number of ether oxygens (including phenoxy) is 1. The van der Waals surface area contributed by atoms with E-state index in [9.17, 15) is 4.79 Å². The smallest absolute Gasteiger partial charge is 0.255 e. The molecule has 1 saturated heterocycles. The second-order valence-electron chi connectivity index (χ2n) is 6.80. The summed E-state index contributed by atoms with van der Waals surface area (Å²) in [5.41, 5.74) is 7.88. The zero-order valence-electron chi connectivity index (χ0n) is 14.4. The summed E-state index contributed by atoms with van der Waals surface area (Å²) in [7, 11) is 0. The summed E-state index contributed by atoms with van der Waals surface area (Å²) in [5, 5.41) is 12.4. The molecule has 2 aliphatic heterocycles. The summed E-state index contributed by atoms with van der Waals surface area (Å²) >= 11 is 6.20. The first-order valence-electron chi connectivity index (χ1n) is 8.95. The van der Waals surface area contributed by atoms with Crippen LogP contribution >= 0.6 is 11.6 Å². The molecule has 2 aliphatic rings. The fraction of sp³-hybridized carbons (Fsp3) is 0.611. The van der Waals surface area contributed by atoms with Gasteiger partial charge in [-0.05, 0) is 50.8 Å². The monoisotopic (exact) mass is 367 g/mol. The van der Waals surface area contributed by atoms with Crippen LogP contribution in [-0.2, 0) is 6.42 Å². The zero-order chi connectivity index (χ0) is 17.8. The minimum absolute atomic E-state index is 0.155. The van der Waals surface area contributed by atoms with Gasteiger partial charge in [-0.15, -0.1) is 0 Å². The molecule has 2 heterocycles. The van der Waals surface area contributed by atoms with Gasteiger partial charge in [-0.2, -0.15) is 0 Å². The second kappa shape index (κ2) is 8.25. The van der Waals surface area contributed by atoms with Gasteiger partial charge in [-0.25, -0.2) is 0 Å². The van der Waals surface area contributed by atoms with Crippen molar-refractivity contribution < 1.29 is 14.6 Å². The summed E-state index contributed by atoms with van der Waals surface area (Å²) in [5.74, 6) is 0.890. The first-order valence-corrected chi connectivity index (χ1v) is 9.33. The fourth-order valence-corrected chi connectivity index (χ4v) is 3.81. The number of amides is 1. The van der Waals surface area contributed by atoms with E-state index >= 15 is 0 Å². The van der Waals surface area contributed by atoms with Crippen molar-refractivity contribution in [2.24, 2.45) is 5.92 Å². The van der Waals surface area contributed by atoms with E-state index in [0.29, 0.717) is 41.1 Å². The molecule has 0 unspecified atom stereocenters. The summed E-state index contributed by atoms with van der Waals surface area (Å²) in [6.07, 6.45) is 3.71. The second-order valence-corrected chi connectivity index (χ2v) is 7.21. The van der Waals surface area contributed by atoms with Crippen LogP contribution in [0.15, 0.2) is 6.07 Å². The Hall–Kier alpha value is -1.50. The van der Waals surface area contributed by atoms with Crippen LogP contribution < -0.4 is 15.8 Å². The van der Waals surface area contributed by atoms with Crippen molar-refractivity contribution in [2.75, 3.05) is 45.1 Å². The van der Waals surface area contributed by atoms with E-state index < -0.39 is 0 Å². The topological polar surface area (TPSA) is 87.8 Å². The molecule has 1 fully saturated rings. The first-order chi connectivity index (χ1) is 12.1. The van der Waals surface area contributed by atoms with Crippen molar-refractivity contribution in [3.05, 3.63) is 22.2 Å². The Morgan fingerprint density at radius 1 is 1.44 bits per heavy atom. The lowest BCUT2D eigenvalue weighted by molar-refractivity contribution is 0.0928. The maximum atomic E-state index is 12.7. The summed E-state index contributed by atoms with van der Waals surface area (Å²) < 4.78 is 5.71. The van der Waals surface area contributed by atoms with E-state index in [0.717, 1.165) is 50.9 Å². The van der Waals surface area contributed by atoms with Crippen LogP contribution in [0.25, 0.3) is 0 Å². The van der Waals surface area contributed by atoms with Gasteiger partial charge >= 0.3 is 0 Å². The molecule has 0 radical (unpaired) electrons. The minimum Gasteiger partial charge on any atom is -0.492 e. The largest absolute Gasteiger partial charge is 0.492 e. The lowest BCUT2D eigenvalue weighted by Gasteiger charge is -2.31. The molecule has 4 N–H and O–H groups in total. The predicted octanol–water partition coefficient (Wildman–Crippen LogP) is 1.68. The van der Waals surface area contributed by atoms with Crippen molar-refractivity contribution in [1.29, 1.82) is 0 Å². The number of anilines is 1. The van der Waals surface area contributed by atoms with E-state index in [4.69, 9.17) is 27.2 Å². The number of nitrogens with one attached hydrogen (secondary N) is 1. The normalized spacial score (nSPS) is 18.5. The molecule has 0 saturated carbocycles. The van der Waals surface area contributed by atoms with Crippen molar-refractivity contribution in [3.8, 4) is 5.75 Å². The molecule has 6 nitrogen and oxygen atoms in total. The van der Waals surface area contributed by atoms with Crippen molar-refractivity contribution >= 4 is 23.2 Å². The number of aliphatic hydroxyl groups is 1. The van der Waals surface area contributed by atoms with Gasteiger partial charge in [0.15, 0.2) is 0 Å². The predicted molar refractivity (Wildman–Crippen MR) is 98.3 cm³/mol. The molecule has 1 amide bonds. The Labute approximate surface area is 153 Å². The Kier molecular flexibility index (Phi) is 6.04. The van der Waals surface area contributed by atoms with Crippen LogP contribution in [0.4, 0.5) is 5.69 Å². The molecule has 0 bridgehead atoms. The average Bonchev–Trinajstić information content (AvgIpc) is 2.64. The number of nitrogens with zero attached hydrogens (tertiary/aromatic N) is 1. The van der Waals surface area contributed by atoms with Gasteiger partial charge in [-0.1, -0.05) is 11.6 Å². The van der Waals surface area contributed by atoms with E-state index in [1.54, 1.807) is 6.07 Å². The van der Waals surface area contributed by atoms with Crippen LogP contribution in [0.5, 0.6) is 5.75 Å². The molecule has 7 heteroatoms. The van der Waals surface area contributed by atoms with E-state index in [1.807, 2.05) is 0 Å². The highest BCUT2D eigenvalue weighted by Crippen LogP contribution is 2.38. The maximum absolute atomic E-state index is 12.7. The van der Waals surface area contributed by atoms with Crippen LogP contribution in [0, 0.1) is 5.92 Å². The third-order valence-electron chi connectivity index (χ3n) is 5.11. The number of benzene rings is 1. The molecule has 25 heavy (non-hydrogen) atoms. The number of piperidine rings is 1. The number of β-amino-alcohol motifs (C(OH)–C–C–N with tert-alkyl or cyclic N) is 1. The van der Waals surface area contributed by atoms with Crippen LogP contribution in [-0.4, -0.2) is 55.3 Å². The summed E-state index contributed by atoms with van der Waals surface area (Å²) in [4.78, 5) is 14.9. The van der Waals surface area contributed by atoms with Gasteiger partial charge < -0.3 is 25.8 Å². The van der Waals surface area contributed by atoms with Crippen molar-refractivity contribution in [1.82, 2.24) is 10.2 Å². The molecular weight excluding hydrogens is 342 g/mol. The third-order valence-corrected chi connectivity index (χ3v) is 5.42. The third kappa shape index (κ3) is 4.19. The van der Waals surface area contributed by atoms with Crippen LogP contribution in [0.2, 0.25) is 5.02 Å². The SMILES string of the molecule is Nc1c(Cl)cc(C(=O)NCC2CCN(CCO)CC2)c2c1CCCO2. The Balaban J connectivity index is 1.62. The molecule has 1 aromatic rings. The Morgan fingerprint density at radius 3 is 2.92 bits per heavy atom.